The van der Waals surface area contributed by atoms with E-state index in [1.165, 1.54) is 15.6 Å². The Morgan fingerprint density at radius 1 is 1.26 bits per heavy atom. The summed E-state index contributed by atoms with van der Waals surface area (Å²) >= 11 is 5.31. The van der Waals surface area contributed by atoms with Gasteiger partial charge in [-0.1, -0.05) is 30.3 Å². The molecule has 102 valence electrons. The number of hydrogen-bond acceptors (Lipinski definition) is 3. The highest BCUT2D eigenvalue weighted by Gasteiger charge is 2.13. The fourth-order valence-corrected chi connectivity index (χ4v) is 3.61. The molecule has 1 aromatic heterocycles. The van der Waals surface area contributed by atoms with E-state index in [0.29, 0.717) is 12.5 Å². The molecule has 2 rings (SSSR count). The summed E-state index contributed by atoms with van der Waals surface area (Å²) in [6.07, 6.45) is 0. The second-order valence-electron chi connectivity index (χ2n) is 4.79. The number of thiophene rings is 1. The maximum atomic E-state index is 5.92. The molecule has 1 unspecified atom stereocenters. The Bertz CT molecular complexity index is 498. The van der Waals surface area contributed by atoms with Crippen LogP contribution in [0.4, 0.5) is 0 Å². The van der Waals surface area contributed by atoms with E-state index in [4.69, 9.17) is 5.73 Å². The van der Waals surface area contributed by atoms with Crippen molar-refractivity contribution in [3.63, 3.8) is 0 Å². The van der Waals surface area contributed by atoms with E-state index in [9.17, 15) is 0 Å². The van der Waals surface area contributed by atoms with Gasteiger partial charge in [-0.05, 0) is 39.5 Å². The van der Waals surface area contributed by atoms with E-state index in [0.717, 1.165) is 13.1 Å². The molecule has 1 atom stereocenters. The van der Waals surface area contributed by atoms with Crippen LogP contribution in [-0.4, -0.2) is 25.0 Å². The summed E-state index contributed by atoms with van der Waals surface area (Å²) in [4.78, 5) is 2.33. The first kappa shape index (κ1) is 14.7. The Kier molecular flexibility index (Phi) is 5.58. The maximum absolute atomic E-state index is 5.92. The van der Waals surface area contributed by atoms with E-state index in [-0.39, 0.29) is 0 Å². The molecular weight excluding hydrogens is 320 g/mol. The summed E-state index contributed by atoms with van der Waals surface area (Å²) < 4.78 is 1.20. The molecule has 2 aromatic rings. The minimum absolute atomic E-state index is 0.392. The van der Waals surface area contributed by atoms with Crippen LogP contribution in [0.2, 0.25) is 0 Å². The van der Waals surface area contributed by atoms with Crippen LogP contribution < -0.4 is 5.73 Å². The van der Waals surface area contributed by atoms with Crippen molar-refractivity contribution < 1.29 is 0 Å². The number of rotatable bonds is 6. The molecule has 0 bridgehead atoms. The molecule has 0 saturated carbocycles. The Morgan fingerprint density at radius 3 is 2.58 bits per heavy atom. The smallest absolute Gasteiger partial charge is 0.0327 e. The van der Waals surface area contributed by atoms with Crippen molar-refractivity contribution in [2.75, 3.05) is 20.1 Å². The van der Waals surface area contributed by atoms with Crippen LogP contribution in [0.25, 0.3) is 0 Å². The predicted molar refractivity (Wildman–Crippen MR) is 86.6 cm³/mol. The Morgan fingerprint density at radius 2 is 2.00 bits per heavy atom. The lowest BCUT2D eigenvalue weighted by atomic mass is 9.99. The number of benzene rings is 1. The van der Waals surface area contributed by atoms with Gasteiger partial charge in [0.25, 0.3) is 0 Å². The van der Waals surface area contributed by atoms with Gasteiger partial charge in [-0.25, -0.2) is 0 Å². The number of nitrogens with zero attached hydrogens (tertiary/aromatic N) is 1. The molecule has 0 fully saturated rings. The summed E-state index contributed by atoms with van der Waals surface area (Å²) in [5.74, 6) is 0.392. The number of halogens is 1. The summed E-state index contributed by atoms with van der Waals surface area (Å²) in [5, 5.41) is 4.32. The first-order chi connectivity index (χ1) is 9.20. The molecule has 0 radical (unpaired) electrons. The van der Waals surface area contributed by atoms with Gasteiger partial charge in [0.15, 0.2) is 0 Å². The first-order valence-corrected chi connectivity index (χ1v) is 8.08. The third kappa shape index (κ3) is 4.14. The molecule has 0 aliphatic rings. The first-order valence-electron chi connectivity index (χ1n) is 6.35. The summed E-state index contributed by atoms with van der Waals surface area (Å²) in [7, 11) is 2.15. The van der Waals surface area contributed by atoms with Crippen molar-refractivity contribution in [1.82, 2.24) is 4.90 Å². The monoisotopic (exact) mass is 338 g/mol. The van der Waals surface area contributed by atoms with Gasteiger partial charge in [-0.3, -0.25) is 0 Å². The van der Waals surface area contributed by atoms with Crippen LogP contribution in [0.15, 0.2) is 45.6 Å². The zero-order chi connectivity index (χ0) is 13.7. The van der Waals surface area contributed by atoms with E-state index in [1.807, 2.05) is 6.07 Å². The zero-order valence-corrected chi connectivity index (χ0v) is 13.5. The van der Waals surface area contributed by atoms with E-state index >= 15 is 0 Å². The Balaban J connectivity index is 1.97. The van der Waals surface area contributed by atoms with Crippen LogP contribution in [0.3, 0.4) is 0 Å². The average molecular weight is 339 g/mol. The highest BCUT2D eigenvalue weighted by molar-refractivity contribution is 9.10. The molecule has 2 nitrogen and oxygen atoms in total. The molecule has 0 aliphatic carbocycles. The lowest BCUT2D eigenvalue weighted by Crippen LogP contribution is -2.28. The van der Waals surface area contributed by atoms with Crippen molar-refractivity contribution in [2.45, 2.75) is 12.5 Å². The van der Waals surface area contributed by atoms with Gasteiger partial charge >= 0.3 is 0 Å². The number of hydrogen-bond donors (Lipinski definition) is 1. The zero-order valence-electron chi connectivity index (χ0n) is 11.1. The molecule has 1 aromatic carbocycles. The average Bonchev–Trinajstić information content (AvgIpc) is 2.82. The van der Waals surface area contributed by atoms with Crippen molar-refractivity contribution in [3.8, 4) is 0 Å². The molecule has 0 amide bonds. The Labute approximate surface area is 127 Å². The van der Waals surface area contributed by atoms with Gasteiger partial charge in [0.1, 0.15) is 0 Å². The van der Waals surface area contributed by atoms with Crippen LogP contribution in [0.5, 0.6) is 0 Å². The molecule has 0 aliphatic heterocycles. The van der Waals surface area contributed by atoms with Gasteiger partial charge in [0, 0.05) is 35.4 Å². The quantitative estimate of drug-likeness (QED) is 0.870. The van der Waals surface area contributed by atoms with Crippen LogP contribution in [0, 0.1) is 0 Å². The summed E-state index contributed by atoms with van der Waals surface area (Å²) in [6.45, 7) is 2.61. The fourth-order valence-electron chi connectivity index (χ4n) is 2.19. The Hall–Kier alpha value is -0.680. The van der Waals surface area contributed by atoms with Crippen LogP contribution >= 0.6 is 27.3 Å². The lowest BCUT2D eigenvalue weighted by Gasteiger charge is -2.23. The third-order valence-electron chi connectivity index (χ3n) is 3.22. The van der Waals surface area contributed by atoms with Gasteiger partial charge in [-0.2, -0.15) is 11.3 Å². The van der Waals surface area contributed by atoms with E-state index in [2.05, 4.69) is 62.9 Å². The van der Waals surface area contributed by atoms with Gasteiger partial charge < -0.3 is 10.6 Å². The molecule has 0 saturated heterocycles. The van der Waals surface area contributed by atoms with Gasteiger partial charge in [-0.15, -0.1) is 0 Å². The van der Waals surface area contributed by atoms with Crippen molar-refractivity contribution >= 4 is 27.3 Å². The molecular formula is C15H19BrN2S. The number of likely N-dealkylation sites (N-methyl/N-ethyl adjacent to an activating group) is 1. The molecule has 2 N–H and O–H groups in total. The normalized spacial score (nSPS) is 12.8. The molecule has 4 heteroatoms. The van der Waals surface area contributed by atoms with Crippen LogP contribution in [0.1, 0.15) is 17.0 Å². The summed E-state index contributed by atoms with van der Waals surface area (Å²) in [5.41, 5.74) is 8.59. The highest BCUT2D eigenvalue weighted by Crippen LogP contribution is 2.23. The topological polar surface area (TPSA) is 29.3 Å². The minimum Gasteiger partial charge on any atom is -0.330 e. The van der Waals surface area contributed by atoms with Crippen LogP contribution in [-0.2, 0) is 6.54 Å². The second-order valence-corrected chi connectivity index (χ2v) is 6.38. The van der Waals surface area contributed by atoms with E-state index < -0.39 is 0 Å². The molecule has 1 heterocycles. The van der Waals surface area contributed by atoms with E-state index in [1.54, 1.807) is 11.3 Å². The van der Waals surface area contributed by atoms with Gasteiger partial charge in [0.05, 0.1) is 0 Å². The van der Waals surface area contributed by atoms with Crippen molar-refractivity contribution in [3.05, 3.63) is 56.7 Å². The predicted octanol–water partition coefficient (Wildman–Crippen LogP) is 3.68. The maximum Gasteiger partial charge on any atom is 0.0327 e. The second kappa shape index (κ2) is 7.20. The standard InChI is InChI=1S/C15H19BrN2S/c1-18(9-14-10-19-11-15(14)16)8-13(7-17)12-5-3-2-4-6-12/h2-6,10-11,13H,7-9,17H2,1H3. The fraction of sp³-hybridized carbons (Fsp3) is 0.333. The largest absolute Gasteiger partial charge is 0.330 e. The lowest BCUT2D eigenvalue weighted by molar-refractivity contribution is 0.304. The molecule has 19 heavy (non-hydrogen) atoms. The summed E-state index contributed by atoms with van der Waals surface area (Å²) in [6, 6.07) is 10.5. The minimum atomic E-state index is 0.392. The van der Waals surface area contributed by atoms with Gasteiger partial charge in [0.2, 0.25) is 0 Å². The SMILES string of the molecule is CN(Cc1cscc1Br)CC(CN)c1ccccc1. The van der Waals surface area contributed by atoms with Crippen molar-refractivity contribution in [2.24, 2.45) is 5.73 Å². The van der Waals surface area contributed by atoms with Crippen molar-refractivity contribution in [1.29, 1.82) is 0 Å². The third-order valence-corrected chi connectivity index (χ3v) is 5.05. The number of nitrogens with two attached hydrogens (primary N) is 1. The highest BCUT2D eigenvalue weighted by atomic mass is 79.9. The molecule has 0 spiro atoms.